The zero-order chi connectivity index (χ0) is 17.8. The second kappa shape index (κ2) is 7.63. The number of ether oxygens (including phenoxy) is 1. The smallest absolute Gasteiger partial charge is 0.260 e. The van der Waals surface area contributed by atoms with E-state index in [2.05, 4.69) is 10.3 Å². The highest BCUT2D eigenvalue weighted by molar-refractivity contribution is 7.15. The highest BCUT2D eigenvalue weighted by Gasteiger charge is 2.15. The van der Waals surface area contributed by atoms with Crippen LogP contribution in [0.25, 0.3) is 0 Å². The first-order valence-corrected chi connectivity index (χ1v) is 8.59. The minimum atomic E-state index is -0.648. The van der Waals surface area contributed by atoms with Crippen molar-refractivity contribution in [2.24, 2.45) is 0 Å². The maximum Gasteiger partial charge on any atom is 0.260 e. The molecule has 25 heavy (non-hydrogen) atoms. The standard InChI is InChI=1S/C18H14ClFN2O2S/c1-24-12-6-7-14(16(20)9-12)17(23)22-18-21-10-13(25-18)8-11-4-2-3-5-15(11)19/h2-7,9-10H,8H2,1H3,(H,21,22,23). The molecule has 0 unspecified atom stereocenters. The number of halogens is 2. The summed E-state index contributed by atoms with van der Waals surface area (Å²) in [5.74, 6) is -0.853. The van der Waals surface area contributed by atoms with E-state index in [0.29, 0.717) is 22.3 Å². The van der Waals surface area contributed by atoms with E-state index in [1.165, 1.54) is 36.6 Å². The maximum absolute atomic E-state index is 14.0. The molecule has 2 aromatic carbocycles. The summed E-state index contributed by atoms with van der Waals surface area (Å²) in [7, 11) is 1.44. The van der Waals surface area contributed by atoms with Gasteiger partial charge in [-0.05, 0) is 23.8 Å². The van der Waals surface area contributed by atoms with Crippen molar-refractivity contribution in [1.82, 2.24) is 4.98 Å². The van der Waals surface area contributed by atoms with Crippen LogP contribution < -0.4 is 10.1 Å². The second-order valence-electron chi connectivity index (χ2n) is 5.20. The van der Waals surface area contributed by atoms with Gasteiger partial charge in [0.15, 0.2) is 5.13 Å². The van der Waals surface area contributed by atoms with Crippen LogP contribution in [0, 0.1) is 5.82 Å². The average molecular weight is 377 g/mol. The molecule has 3 rings (SSSR count). The van der Waals surface area contributed by atoms with Crippen LogP contribution in [0.1, 0.15) is 20.8 Å². The number of thiazole rings is 1. The highest BCUT2D eigenvalue weighted by Crippen LogP contribution is 2.25. The van der Waals surface area contributed by atoms with Gasteiger partial charge in [0, 0.05) is 28.6 Å². The third-order valence-corrected chi connectivity index (χ3v) is 4.80. The number of nitrogens with one attached hydrogen (secondary N) is 1. The third-order valence-electron chi connectivity index (χ3n) is 3.52. The first-order chi connectivity index (χ1) is 12.1. The molecule has 0 aliphatic rings. The first-order valence-electron chi connectivity index (χ1n) is 7.40. The number of rotatable bonds is 5. The van der Waals surface area contributed by atoms with Gasteiger partial charge in [-0.3, -0.25) is 10.1 Å². The van der Waals surface area contributed by atoms with Crippen molar-refractivity contribution in [2.45, 2.75) is 6.42 Å². The molecule has 0 saturated heterocycles. The van der Waals surface area contributed by atoms with Crippen LogP contribution in [-0.4, -0.2) is 18.0 Å². The van der Waals surface area contributed by atoms with Crippen LogP contribution in [-0.2, 0) is 6.42 Å². The Morgan fingerprint density at radius 1 is 1.32 bits per heavy atom. The molecule has 0 spiro atoms. The minimum Gasteiger partial charge on any atom is -0.497 e. The summed E-state index contributed by atoms with van der Waals surface area (Å²) < 4.78 is 18.9. The summed E-state index contributed by atoms with van der Waals surface area (Å²) in [4.78, 5) is 17.3. The predicted molar refractivity (Wildman–Crippen MR) is 97.3 cm³/mol. The molecule has 0 aliphatic carbocycles. The lowest BCUT2D eigenvalue weighted by Crippen LogP contribution is -2.13. The van der Waals surface area contributed by atoms with Crippen molar-refractivity contribution in [3.63, 3.8) is 0 Å². The van der Waals surface area contributed by atoms with E-state index in [9.17, 15) is 9.18 Å². The maximum atomic E-state index is 14.0. The summed E-state index contributed by atoms with van der Waals surface area (Å²) in [5.41, 5.74) is 0.913. The third kappa shape index (κ3) is 4.15. The fourth-order valence-electron chi connectivity index (χ4n) is 2.25. The summed E-state index contributed by atoms with van der Waals surface area (Å²) in [6.45, 7) is 0. The Morgan fingerprint density at radius 2 is 2.12 bits per heavy atom. The number of hydrogen-bond acceptors (Lipinski definition) is 4. The number of carbonyl (C=O) groups excluding carboxylic acids is 1. The Bertz CT molecular complexity index is 914. The number of aromatic nitrogens is 1. The number of nitrogens with zero attached hydrogens (tertiary/aromatic N) is 1. The van der Waals surface area contributed by atoms with Crippen molar-refractivity contribution in [3.05, 3.63) is 75.5 Å². The van der Waals surface area contributed by atoms with E-state index < -0.39 is 11.7 Å². The van der Waals surface area contributed by atoms with Crippen LogP contribution in [0.4, 0.5) is 9.52 Å². The quantitative estimate of drug-likeness (QED) is 0.696. The molecule has 0 aliphatic heterocycles. The van der Waals surface area contributed by atoms with E-state index in [1.54, 1.807) is 6.20 Å². The minimum absolute atomic E-state index is 0.0661. The molecular formula is C18H14ClFN2O2S. The van der Waals surface area contributed by atoms with Gasteiger partial charge in [-0.2, -0.15) is 0 Å². The van der Waals surface area contributed by atoms with Crippen molar-refractivity contribution < 1.29 is 13.9 Å². The molecule has 128 valence electrons. The Balaban J connectivity index is 1.71. The molecule has 0 saturated carbocycles. The molecule has 1 N–H and O–H groups in total. The van der Waals surface area contributed by atoms with E-state index in [-0.39, 0.29) is 5.56 Å². The molecule has 1 heterocycles. The van der Waals surface area contributed by atoms with Crippen molar-refractivity contribution in [2.75, 3.05) is 12.4 Å². The van der Waals surface area contributed by atoms with Gasteiger partial charge in [0.25, 0.3) is 5.91 Å². The lowest BCUT2D eigenvalue weighted by atomic mass is 10.1. The van der Waals surface area contributed by atoms with E-state index in [0.717, 1.165) is 10.4 Å². The van der Waals surface area contributed by atoms with Crippen LogP contribution in [0.15, 0.2) is 48.7 Å². The SMILES string of the molecule is COc1ccc(C(=O)Nc2ncc(Cc3ccccc3Cl)s2)c(F)c1. The molecule has 3 aromatic rings. The molecule has 0 fully saturated rings. The van der Waals surface area contributed by atoms with Crippen LogP contribution in [0.5, 0.6) is 5.75 Å². The van der Waals surface area contributed by atoms with Gasteiger partial charge >= 0.3 is 0 Å². The highest BCUT2D eigenvalue weighted by atomic mass is 35.5. The topological polar surface area (TPSA) is 51.2 Å². The monoisotopic (exact) mass is 376 g/mol. The number of amides is 1. The summed E-state index contributed by atoms with van der Waals surface area (Å²) >= 11 is 7.47. The number of anilines is 1. The van der Waals surface area contributed by atoms with Crippen molar-refractivity contribution in [1.29, 1.82) is 0 Å². The number of carbonyl (C=O) groups is 1. The van der Waals surface area contributed by atoms with Gasteiger partial charge in [0.1, 0.15) is 11.6 Å². The van der Waals surface area contributed by atoms with E-state index >= 15 is 0 Å². The molecule has 0 bridgehead atoms. The fraction of sp³-hybridized carbons (Fsp3) is 0.111. The lowest BCUT2D eigenvalue weighted by Gasteiger charge is -2.05. The Hall–Kier alpha value is -2.44. The van der Waals surface area contributed by atoms with Crippen LogP contribution in [0.2, 0.25) is 5.02 Å². The van der Waals surface area contributed by atoms with Gasteiger partial charge in [0.05, 0.1) is 12.7 Å². The largest absolute Gasteiger partial charge is 0.497 e. The molecule has 0 atom stereocenters. The van der Waals surface area contributed by atoms with E-state index in [4.69, 9.17) is 16.3 Å². The average Bonchev–Trinajstić information content (AvgIpc) is 3.03. The summed E-state index contributed by atoms with van der Waals surface area (Å²) in [5, 5.41) is 3.70. The van der Waals surface area contributed by atoms with Gasteiger partial charge in [0.2, 0.25) is 0 Å². The van der Waals surface area contributed by atoms with E-state index in [1.807, 2.05) is 24.3 Å². The van der Waals surface area contributed by atoms with Gasteiger partial charge in [-0.15, -0.1) is 11.3 Å². The fourth-order valence-corrected chi connectivity index (χ4v) is 3.28. The molecule has 4 nitrogen and oxygen atoms in total. The number of benzene rings is 2. The summed E-state index contributed by atoms with van der Waals surface area (Å²) in [6, 6.07) is 11.6. The molecule has 7 heteroatoms. The molecule has 1 amide bonds. The predicted octanol–water partition coefficient (Wildman–Crippen LogP) is 4.79. The summed E-state index contributed by atoms with van der Waals surface area (Å²) in [6.07, 6.45) is 2.29. The van der Waals surface area contributed by atoms with Gasteiger partial charge in [-0.1, -0.05) is 29.8 Å². The zero-order valence-electron chi connectivity index (χ0n) is 13.3. The van der Waals surface area contributed by atoms with Crippen molar-refractivity contribution in [3.8, 4) is 5.75 Å². The normalized spacial score (nSPS) is 10.5. The first kappa shape index (κ1) is 17.4. The van der Waals surface area contributed by atoms with Crippen LogP contribution >= 0.6 is 22.9 Å². The van der Waals surface area contributed by atoms with Gasteiger partial charge < -0.3 is 4.74 Å². The Labute approximate surface area is 153 Å². The van der Waals surface area contributed by atoms with Crippen LogP contribution in [0.3, 0.4) is 0 Å². The number of hydrogen-bond donors (Lipinski definition) is 1. The Morgan fingerprint density at radius 3 is 2.84 bits per heavy atom. The second-order valence-corrected chi connectivity index (χ2v) is 6.72. The van der Waals surface area contributed by atoms with Gasteiger partial charge in [-0.25, -0.2) is 9.37 Å². The Kier molecular flexibility index (Phi) is 5.31. The number of methoxy groups -OCH3 is 1. The molecular weight excluding hydrogens is 363 g/mol. The zero-order valence-corrected chi connectivity index (χ0v) is 14.8. The molecule has 0 radical (unpaired) electrons. The van der Waals surface area contributed by atoms with Crippen molar-refractivity contribution >= 4 is 34.0 Å². The molecule has 1 aromatic heterocycles. The lowest BCUT2D eigenvalue weighted by molar-refractivity contribution is 0.102.